The maximum Gasteiger partial charge on any atom is 0.0701 e. The van der Waals surface area contributed by atoms with E-state index in [0.29, 0.717) is 13.2 Å². The van der Waals surface area contributed by atoms with Crippen molar-refractivity contribution in [1.29, 1.82) is 0 Å². The van der Waals surface area contributed by atoms with E-state index in [2.05, 4.69) is 46.9 Å². The Bertz CT molecular complexity index is 187. The van der Waals surface area contributed by atoms with E-state index in [0.717, 1.165) is 38.0 Å². The quantitative estimate of drug-likeness (QED) is 0.612. The van der Waals surface area contributed by atoms with Crippen molar-refractivity contribution >= 4 is 0 Å². The molecule has 0 aliphatic heterocycles. The van der Waals surface area contributed by atoms with Crippen LogP contribution >= 0.6 is 0 Å². The summed E-state index contributed by atoms with van der Waals surface area (Å²) in [5.74, 6) is 1.48. The highest BCUT2D eigenvalue weighted by atomic mass is 16.5. The van der Waals surface area contributed by atoms with Crippen LogP contribution in [-0.4, -0.2) is 38.5 Å². The van der Waals surface area contributed by atoms with E-state index in [4.69, 9.17) is 9.47 Å². The van der Waals surface area contributed by atoms with Crippen LogP contribution in [0.2, 0.25) is 0 Å². The number of ether oxygens (including phenoxy) is 2. The molecule has 0 bridgehead atoms. The Kier molecular flexibility index (Phi) is 9.70. The number of hydrogen-bond donors (Lipinski definition) is 1. The van der Waals surface area contributed by atoms with Crippen LogP contribution < -0.4 is 5.32 Å². The minimum absolute atomic E-state index is 0.173. The smallest absolute Gasteiger partial charge is 0.0701 e. The van der Waals surface area contributed by atoms with Gasteiger partial charge in [-0.3, -0.25) is 0 Å². The Morgan fingerprint density at radius 2 is 1.44 bits per heavy atom. The Morgan fingerprint density at radius 1 is 0.889 bits per heavy atom. The van der Waals surface area contributed by atoms with E-state index >= 15 is 0 Å². The third-order valence-corrected chi connectivity index (χ3v) is 3.13. The Hall–Kier alpha value is -0.120. The molecule has 0 amide bonds. The van der Waals surface area contributed by atoms with Gasteiger partial charge in [0.25, 0.3) is 0 Å². The Morgan fingerprint density at radius 3 is 1.94 bits per heavy atom. The summed E-state index contributed by atoms with van der Waals surface area (Å²) < 4.78 is 11.1. The maximum absolute atomic E-state index is 5.56. The van der Waals surface area contributed by atoms with Crippen molar-refractivity contribution < 1.29 is 9.47 Å². The molecule has 0 unspecified atom stereocenters. The molecule has 3 nitrogen and oxygen atoms in total. The van der Waals surface area contributed by atoms with Crippen LogP contribution in [0.4, 0.5) is 0 Å². The molecule has 18 heavy (non-hydrogen) atoms. The lowest BCUT2D eigenvalue weighted by molar-refractivity contribution is 0.0415. The topological polar surface area (TPSA) is 30.5 Å². The standard InChI is InChI=1S/C15H33NO2/c1-13(2)14(3)7-9-17-11-12-18-10-8-16-15(4,5)6/h13-14,16H,7-12H2,1-6H3/t14-/m1/s1. The van der Waals surface area contributed by atoms with Crippen LogP contribution in [0.15, 0.2) is 0 Å². The second-order valence-electron chi connectivity index (χ2n) is 6.41. The maximum atomic E-state index is 5.56. The van der Waals surface area contributed by atoms with Gasteiger partial charge in [-0.15, -0.1) is 0 Å². The van der Waals surface area contributed by atoms with Gasteiger partial charge in [0.05, 0.1) is 19.8 Å². The molecule has 0 aromatic rings. The van der Waals surface area contributed by atoms with Gasteiger partial charge in [-0.05, 0) is 39.0 Å². The van der Waals surface area contributed by atoms with Crippen molar-refractivity contribution in [2.24, 2.45) is 11.8 Å². The number of hydrogen-bond acceptors (Lipinski definition) is 3. The van der Waals surface area contributed by atoms with E-state index in [1.165, 1.54) is 0 Å². The summed E-state index contributed by atoms with van der Waals surface area (Å²) in [6, 6.07) is 0. The molecule has 0 saturated carbocycles. The molecule has 1 N–H and O–H groups in total. The number of nitrogens with one attached hydrogen (secondary N) is 1. The van der Waals surface area contributed by atoms with Gasteiger partial charge in [0.1, 0.15) is 0 Å². The summed E-state index contributed by atoms with van der Waals surface area (Å²) in [6.07, 6.45) is 1.14. The molecule has 0 spiro atoms. The van der Waals surface area contributed by atoms with Gasteiger partial charge < -0.3 is 14.8 Å². The molecule has 110 valence electrons. The Labute approximate surface area is 114 Å². The van der Waals surface area contributed by atoms with Crippen LogP contribution in [0, 0.1) is 11.8 Å². The molecular weight excluding hydrogens is 226 g/mol. The van der Waals surface area contributed by atoms with E-state index in [-0.39, 0.29) is 5.54 Å². The lowest BCUT2D eigenvalue weighted by atomic mass is 9.95. The molecule has 0 aromatic carbocycles. The van der Waals surface area contributed by atoms with E-state index in [9.17, 15) is 0 Å². The summed E-state index contributed by atoms with van der Waals surface area (Å²) >= 11 is 0. The first-order valence-corrected chi connectivity index (χ1v) is 7.23. The molecule has 0 aliphatic carbocycles. The highest BCUT2D eigenvalue weighted by molar-refractivity contribution is 4.69. The lowest BCUT2D eigenvalue weighted by Gasteiger charge is -2.20. The molecular formula is C15H33NO2. The third-order valence-electron chi connectivity index (χ3n) is 3.13. The first-order valence-electron chi connectivity index (χ1n) is 7.23. The molecule has 0 aromatic heterocycles. The van der Waals surface area contributed by atoms with E-state index in [1.807, 2.05) is 0 Å². The molecule has 0 saturated heterocycles. The van der Waals surface area contributed by atoms with Gasteiger partial charge in [-0.2, -0.15) is 0 Å². The van der Waals surface area contributed by atoms with Gasteiger partial charge in [0.15, 0.2) is 0 Å². The fourth-order valence-corrected chi connectivity index (χ4v) is 1.42. The normalized spacial score (nSPS) is 14.2. The Balaban J connectivity index is 3.17. The third kappa shape index (κ3) is 12.3. The van der Waals surface area contributed by atoms with Crippen molar-refractivity contribution in [3.05, 3.63) is 0 Å². The van der Waals surface area contributed by atoms with Crippen molar-refractivity contribution in [2.75, 3.05) is 33.0 Å². The zero-order valence-corrected chi connectivity index (χ0v) is 13.2. The SMILES string of the molecule is CC(C)[C@H](C)CCOCCOCCNC(C)(C)C. The highest BCUT2D eigenvalue weighted by Crippen LogP contribution is 2.13. The predicted octanol–water partition coefficient (Wildman–Crippen LogP) is 3.09. The van der Waals surface area contributed by atoms with Gasteiger partial charge >= 0.3 is 0 Å². The monoisotopic (exact) mass is 259 g/mol. The average molecular weight is 259 g/mol. The van der Waals surface area contributed by atoms with Gasteiger partial charge in [-0.25, -0.2) is 0 Å². The first-order chi connectivity index (χ1) is 8.33. The molecule has 0 radical (unpaired) electrons. The fourth-order valence-electron chi connectivity index (χ4n) is 1.42. The minimum Gasteiger partial charge on any atom is -0.379 e. The molecule has 1 atom stereocenters. The average Bonchev–Trinajstić information content (AvgIpc) is 2.24. The zero-order chi connectivity index (χ0) is 14.0. The van der Waals surface area contributed by atoms with Crippen molar-refractivity contribution in [3.63, 3.8) is 0 Å². The number of rotatable bonds is 10. The summed E-state index contributed by atoms with van der Waals surface area (Å²) in [5.41, 5.74) is 0.173. The molecule has 3 heteroatoms. The molecule has 0 aliphatic rings. The van der Waals surface area contributed by atoms with Gasteiger partial charge in [0.2, 0.25) is 0 Å². The second-order valence-corrected chi connectivity index (χ2v) is 6.41. The van der Waals surface area contributed by atoms with Gasteiger partial charge in [-0.1, -0.05) is 20.8 Å². The zero-order valence-electron chi connectivity index (χ0n) is 13.2. The fraction of sp³-hybridized carbons (Fsp3) is 1.00. The largest absolute Gasteiger partial charge is 0.379 e. The summed E-state index contributed by atoms with van der Waals surface area (Å²) in [7, 11) is 0. The molecule has 0 heterocycles. The summed E-state index contributed by atoms with van der Waals surface area (Å²) in [4.78, 5) is 0. The van der Waals surface area contributed by atoms with Crippen LogP contribution in [0.25, 0.3) is 0 Å². The minimum atomic E-state index is 0.173. The van der Waals surface area contributed by atoms with Crippen molar-refractivity contribution in [1.82, 2.24) is 5.32 Å². The van der Waals surface area contributed by atoms with Crippen LogP contribution in [0.3, 0.4) is 0 Å². The van der Waals surface area contributed by atoms with Crippen molar-refractivity contribution in [3.8, 4) is 0 Å². The second kappa shape index (κ2) is 9.76. The van der Waals surface area contributed by atoms with Gasteiger partial charge in [0, 0.05) is 18.7 Å². The van der Waals surface area contributed by atoms with Crippen LogP contribution in [0.5, 0.6) is 0 Å². The van der Waals surface area contributed by atoms with Crippen LogP contribution in [-0.2, 0) is 9.47 Å². The highest BCUT2D eigenvalue weighted by Gasteiger charge is 2.07. The predicted molar refractivity (Wildman–Crippen MR) is 78.0 cm³/mol. The lowest BCUT2D eigenvalue weighted by Crippen LogP contribution is -2.38. The van der Waals surface area contributed by atoms with E-state index in [1.54, 1.807) is 0 Å². The summed E-state index contributed by atoms with van der Waals surface area (Å²) in [5, 5.41) is 3.39. The molecule has 0 fully saturated rings. The van der Waals surface area contributed by atoms with E-state index < -0.39 is 0 Å². The molecule has 0 rings (SSSR count). The summed E-state index contributed by atoms with van der Waals surface area (Å²) in [6.45, 7) is 17.2. The van der Waals surface area contributed by atoms with Crippen molar-refractivity contribution in [2.45, 2.75) is 53.5 Å². The first kappa shape index (κ1) is 17.9. The van der Waals surface area contributed by atoms with Crippen LogP contribution in [0.1, 0.15) is 48.0 Å².